The Labute approximate surface area is 168 Å². The van der Waals surface area contributed by atoms with Crippen LogP contribution in [0.4, 0.5) is 16.0 Å². The number of nitrogens with zero attached hydrogens (tertiary/aromatic N) is 3. The molecule has 0 bridgehead atoms. The normalized spacial score (nSPS) is 14.8. The molecule has 5 nitrogen and oxygen atoms in total. The van der Waals surface area contributed by atoms with E-state index in [4.69, 9.17) is 9.72 Å². The summed E-state index contributed by atoms with van der Waals surface area (Å²) < 4.78 is 18.5. The molecule has 4 rings (SSSR count). The SMILES string of the molecule is COc1nc(Nc2cc(C)cc(-c3cnc(C4CCCCC4)s3)c2)ncc1F. The van der Waals surface area contributed by atoms with E-state index in [2.05, 4.69) is 21.4 Å². The zero-order valence-electron chi connectivity index (χ0n) is 16.0. The van der Waals surface area contributed by atoms with Crippen molar-refractivity contribution in [3.05, 3.63) is 47.0 Å². The predicted molar refractivity (Wildman–Crippen MR) is 110 cm³/mol. The molecule has 0 unspecified atom stereocenters. The second-order valence-corrected chi connectivity index (χ2v) is 8.22. The Morgan fingerprint density at radius 1 is 1.11 bits per heavy atom. The molecule has 0 radical (unpaired) electrons. The van der Waals surface area contributed by atoms with Gasteiger partial charge in [0.25, 0.3) is 5.88 Å². The summed E-state index contributed by atoms with van der Waals surface area (Å²) in [5.74, 6) is 0.236. The molecule has 7 heteroatoms. The van der Waals surface area contributed by atoms with Gasteiger partial charge in [0.05, 0.1) is 23.2 Å². The number of rotatable bonds is 5. The van der Waals surface area contributed by atoms with Crippen molar-refractivity contribution in [3.8, 4) is 16.3 Å². The molecule has 146 valence electrons. The first-order valence-corrected chi connectivity index (χ1v) is 10.4. The van der Waals surface area contributed by atoms with Gasteiger partial charge in [-0.1, -0.05) is 25.3 Å². The highest BCUT2D eigenvalue weighted by atomic mass is 32.1. The Morgan fingerprint density at radius 3 is 2.71 bits per heavy atom. The van der Waals surface area contributed by atoms with E-state index in [1.54, 1.807) is 11.3 Å². The molecular formula is C21H23FN4OS. The Balaban J connectivity index is 1.58. The van der Waals surface area contributed by atoms with Crippen molar-refractivity contribution in [2.75, 3.05) is 12.4 Å². The number of halogens is 1. The number of aromatic nitrogens is 3. The molecule has 1 N–H and O–H groups in total. The van der Waals surface area contributed by atoms with Gasteiger partial charge in [0.1, 0.15) is 0 Å². The van der Waals surface area contributed by atoms with Gasteiger partial charge in [0.15, 0.2) is 0 Å². The maximum Gasteiger partial charge on any atom is 0.255 e. The summed E-state index contributed by atoms with van der Waals surface area (Å²) in [6.07, 6.45) is 9.53. The first-order chi connectivity index (χ1) is 13.6. The van der Waals surface area contributed by atoms with Gasteiger partial charge in [0, 0.05) is 17.8 Å². The molecule has 0 saturated heterocycles. The highest BCUT2D eigenvalue weighted by molar-refractivity contribution is 7.15. The van der Waals surface area contributed by atoms with Gasteiger partial charge in [-0.3, -0.25) is 0 Å². The summed E-state index contributed by atoms with van der Waals surface area (Å²) >= 11 is 1.78. The van der Waals surface area contributed by atoms with E-state index in [0.717, 1.165) is 27.9 Å². The fraction of sp³-hybridized carbons (Fsp3) is 0.381. The summed E-state index contributed by atoms with van der Waals surface area (Å²) in [5, 5.41) is 4.39. The average molecular weight is 399 g/mol. The molecule has 0 atom stereocenters. The third kappa shape index (κ3) is 4.14. The van der Waals surface area contributed by atoms with Crippen molar-refractivity contribution < 1.29 is 9.13 Å². The average Bonchev–Trinajstić information content (AvgIpc) is 3.20. The number of hydrogen-bond acceptors (Lipinski definition) is 6. The first-order valence-electron chi connectivity index (χ1n) is 9.54. The van der Waals surface area contributed by atoms with E-state index >= 15 is 0 Å². The number of thiazole rings is 1. The monoisotopic (exact) mass is 398 g/mol. The van der Waals surface area contributed by atoms with Crippen LogP contribution in [-0.2, 0) is 0 Å². The fourth-order valence-corrected chi connectivity index (χ4v) is 4.72. The van der Waals surface area contributed by atoms with Crippen LogP contribution in [0.15, 0.2) is 30.6 Å². The molecule has 0 amide bonds. The topological polar surface area (TPSA) is 59.9 Å². The van der Waals surface area contributed by atoms with Crippen LogP contribution in [0.2, 0.25) is 0 Å². The molecule has 2 aromatic heterocycles. The number of benzene rings is 1. The lowest BCUT2D eigenvalue weighted by Crippen LogP contribution is -2.03. The van der Waals surface area contributed by atoms with Gasteiger partial charge in [-0.15, -0.1) is 11.3 Å². The molecule has 1 saturated carbocycles. The molecule has 0 spiro atoms. The van der Waals surface area contributed by atoms with Gasteiger partial charge in [-0.2, -0.15) is 9.37 Å². The maximum absolute atomic E-state index is 13.5. The number of methoxy groups -OCH3 is 1. The highest BCUT2D eigenvalue weighted by Crippen LogP contribution is 2.38. The quantitative estimate of drug-likeness (QED) is 0.584. The van der Waals surface area contributed by atoms with Crippen LogP contribution in [-0.4, -0.2) is 22.1 Å². The highest BCUT2D eigenvalue weighted by Gasteiger charge is 2.19. The molecular weight excluding hydrogens is 375 g/mol. The third-order valence-electron chi connectivity index (χ3n) is 5.00. The Morgan fingerprint density at radius 2 is 1.93 bits per heavy atom. The van der Waals surface area contributed by atoms with Gasteiger partial charge in [0.2, 0.25) is 11.8 Å². The minimum atomic E-state index is -0.585. The van der Waals surface area contributed by atoms with Crippen LogP contribution in [0.1, 0.15) is 48.6 Å². The van der Waals surface area contributed by atoms with Crippen molar-refractivity contribution >= 4 is 23.0 Å². The van der Waals surface area contributed by atoms with Crippen molar-refractivity contribution in [2.45, 2.75) is 44.9 Å². The number of ether oxygens (including phenoxy) is 1. The van der Waals surface area contributed by atoms with Gasteiger partial charge >= 0.3 is 0 Å². The van der Waals surface area contributed by atoms with Crippen LogP contribution < -0.4 is 10.1 Å². The lowest BCUT2D eigenvalue weighted by Gasteiger charge is -2.18. The number of hydrogen-bond donors (Lipinski definition) is 1. The van der Waals surface area contributed by atoms with Crippen LogP contribution in [0.3, 0.4) is 0 Å². The number of anilines is 2. The van der Waals surface area contributed by atoms with Gasteiger partial charge in [-0.05, 0) is 43.0 Å². The molecule has 3 aromatic rings. The van der Waals surface area contributed by atoms with Crippen LogP contribution in [0.5, 0.6) is 5.88 Å². The van der Waals surface area contributed by atoms with E-state index < -0.39 is 5.82 Å². The minimum Gasteiger partial charge on any atom is -0.479 e. The summed E-state index contributed by atoms with van der Waals surface area (Å²) in [6, 6.07) is 6.20. The molecule has 28 heavy (non-hydrogen) atoms. The summed E-state index contributed by atoms with van der Waals surface area (Å²) in [7, 11) is 1.38. The van der Waals surface area contributed by atoms with Crippen molar-refractivity contribution in [2.24, 2.45) is 0 Å². The van der Waals surface area contributed by atoms with E-state index in [-0.39, 0.29) is 5.88 Å². The first kappa shape index (κ1) is 18.8. The molecule has 1 fully saturated rings. The lowest BCUT2D eigenvalue weighted by atomic mass is 9.90. The Hall–Kier alpha value is -2.54. The summed E-state index contributed by atoms with van der Waals surface area (Å²) in [6.45, 7) is 2.05. The zero-order valence-corrected chi connectivity index (χ0v) is 16.9. The third-order valence-corrected chi connectivity index (χ3v) is 6.21. The minimum absolute atomic E-state index is 0.0787. The molecule has 1 aliphatic carbocycles. The van der Waals surface area contributed by atoms with E-state index in [1.807, 2.05) is 25.3 Å². The van der Waals surface area contributed by atoms with Gasteiger partial charge in [-0.25, -0.2) is 9.97 Å². The van der Waals surface area contributed by atoms with Crippen molar-refractivity contribution in [1.82, 2.24) is 15.0 Å². The predicted octanol–water partition coefficient (Wildman–Crippen LogP) is 5.85. The lowest BCUT2D eigenvalue weighted by molar-refractivity contribution is 0.368. The van der Waals surface area contributed by atoms with Crippen LogP contribution in [0, 0.1) is 12.7 Å². The van der Waals surface area contributed by atoms with Crippen molar-refractivity contribution in [3.63, 3.8) is 0 Å². The smallest absolute Gasteiger partial charge is 0.255 e. The van der Waals surface area contributed by atoms with Crippen molar-refractivity contribution in [1.29, 1.82) is 0 Å². The summed E-state index contributed by atoms with van der Waals surface area (Å²) in [4.78, 5) is 13.9. The molecule has 1 aromatic carbocycles. The summed E-state index contributed by atoms with van der Waals surface area (Å²) in [5.41, 5.74) is 3.06. The maximum atomic E-state index is 13.5. The fourth-order valence-electron chi connectivity index (χ4n) is 3.64. The largest absolute Gasteiger partial charge is 0.479 e. The molecule has 2 heterocycles. The second-order valence-electron chi connectivity index (χ2n) is 7.16. The van der Waals surface area contributed by atoms with Gasteiger partial charge < -0.3 is 10.1 Å². The molecule has 1 aliphatic rings. The Bertz CT molecular complexity index is 969. The zero-order chi connectivity index (χ0) is 19.5. The molecule has 0 aliphatic heterocycles. The standard InChI is InChI=1S/C21H23FN4OS/c1-13-8-15(18-12-23-20(28-18)14-6-4-3-5-7-14)10-16(9-13)25-21-24-11-17(22)19(26-21)27-2/h8-12,14H,3-7H2,1-2H3,(H,24,25,26). The van der Waals surface area contributed by atoms with Crippen LogP contribution >= 0.6 is 11.3 Å². The van der Waals surface area contributed by atoms with E-state index in [9.17, 15) is 4.39 Å². The number of aryl methyl sites for hydroxylation is 1. The van der Waals surface area contributed by atoms with E-state index in [1.165, 1.54) is 44.2 Å². The second kappa shape index (κ2) is 8.22. The Kier molecular flexibility index (Phi) is 5.52. The number of nitrogens with one attached hydrogen (secondary N) is 1. The van der Waals surface area contributed by atoms with E-state index in [0.29, 0.717) is 11.9 Å². The van der Waals surface area contributed by atoms with Crippen LogP contribution in [0.25, 0.3) is 10.4 Å².